The molecule has 4 rings (SSSR count). The molecular formula is C21H23N5O3. The molecule has 3 amide bonds. The summed E-state index contributed by atoms with van der Waals surface area (Å²) in [5.41, 5.74) is 0.825. The Hall–Kier alpha value is -3.29. The average Bonchev–Trinajstić information content (AvgIpc) is 3.16. The van der Waals surface area contributed by atoms with Crippen LogP contribution in [0.3, 0.4) is 0 Å². The average molecular weight is 393 g/mol. The van der Waals surface area contributed by atoms with Crippen LogP contribution >= 0.6 is 0 Å². The number of piperidine rings is 1. The number of hydrogen-bond acceptors (Lipinski definition) is 5. The molecule has 2 aliphatic heterocycles. The van der Waals surface area contributed by atoms with Crippen LogP contribution in [-0.4, -0.2) is 52.2 Å². The van der Waals surface area contributed by atoms with Crippen LogP contribution in [0, 0.1) is 11.8 Å². The molecular weight excluding hydrogens is 370 g/mol. The molecule has 8 heteroatoms. The zero-order valence-corrected chi connectivity index (χ0v) is 16.0. The topological polar surface area (TPSA) is 95.5 Å². The van der Waals surface area contributed by atoms with E-state index in [0.717, 1.165) is 5.69 Å². The standard InChI is InChI=1S/C21H23N5O3/c27-18-13-16(14-26(18)17-5-2-1-3-6-17)20(29)25-11-7-15(8-12-25)19(28)24-21-22-9-4-10-23-21/h1-6,9-10,15-16H,7-8,11-14H2,(H,22,23,24,28). The van der Waals surface area contributed by atoms with Crippen molar-refractivity contribution < 1.29 is 14.4 Å². The number of nitrogens with zero attached hydrogens (tertiary/aromatic N) is 4. The third-order valence-electron chi connectivity index (χ3n) is 5.52. The van der Waals surface area contributed by atoms with Crippen LogP contribution < -0.4 is 10.2 Å². The van der Waals surface area contributed by atoms with Crippen molar-refractivity contribution in [3.63, 3.8) is 0 Å². The van der Waals surface area contributed by atoms with Gasteiger partial charge >= 0.3 is 0 Å². The van der Waals surface area contributed by atoms with Gasteiger partial charge in [0.15, 0.2) is 0 Å². The molecule has 1 aromatic heterocycles. The molecule has 1 aromatic carbocycles. The second kappa shape index (κ2) is 8.38. The molecule has 2 fully saturated rings. The first-order valence-electron chi connectivity index (χ1n) is 9.84. The fourth-order valence-electron chi connectivity index (χ4n) is 3.93. The molecule has 8 nitrogen and oxygen atoms in total. The molecule has 1 N–H and O–H groups in total. The van der Waals surface area contributed by atoms with E-state index in [1.165, 1.54) is 0 Å². The van der Waals surface area contributed by atoms with Gasteiger partial charge in [-0.05, 0) is 31.0 Å². The van der Waals surface area contributed by atoms with Crippen LogP contribution in [0.1, 0.15) is 19.3 Å². The SMILES string of the molecule is O=C(Nc1ncccn1)C1CCN(C(=O)C2CC(=O)N(c3ccccc3)C2)CC1. The lowest BCUT2D eigenvalue weighted by molar-refractivity contribution is -0.138. The van der Waals surface area contributed by atoms with Gasteiger partial charge in [0.05, 0.1) is 5.92 Å². The number of carbonyl (C=O) groups excluding carboxylic acids is 3. The summed E-state index contributed by atoms with van der Waals surface area (Å²) in [5, 5.41) is 2.72. The normalized spacial score (nSPS) is 20.0. The zero-order valence-electron chi connectivity index (χ0n) is 16.0. The van der Waals surface area contributed by atoms with E-state index in [1.807, 2.05) is 30.3 Å². The van der Waals surface area contributed by atoms with Crippen molar-refractivity contribution in [2.45, 2.75) is 19.3 Å². The smallest absolute Gasteiger partial charge is 0.229 e. The summed E-state index contributed by atoms with van der Waals surface area (Å²) in [6.07, 6.45) is 4.57. The molecule has 2 aromatic rings. The molecule has 2 aliphatic rings. The lowest BCUT2D eigenvalue weighted by atomic mass is 9.94. The number of hydrogen-bond donors (Lipinski definition) is 1. The highest BCUT2D eigenvalue weighted by Gasteiger charge is 2.38. The van der Waals surface area contributed by atoms with Gasteiger partial charge in [-0.25, -0.2) is 9.97 Å². The van der Waals surface area contributed by atoms with E-state index in [1.54, 1.807) is 28.3 Å². The molecule has 29 heavy (non-hydrogen) atoms. The van der Waals surface area contributed by atoms with Gasteiger partial charge in [0.25, 0.3) is 0 Å². The Kier molecular flexibility index (Phi) is 5.50. The molecule has 0 spiro atoms. The molecule has 150 valence electrons. The minimum atomic E-state index is -0.328. The lowest BCUT2D eigenvalue weighted by Gasteiger charge is -2.32. The first-order chi connectivity index (χ1) is 14.1. The van der Waals surface area contributed by atoms with Crippen LogP contribution in [-0.2, 0) is 14.4 Å². The van der Waals surface area contributed by atoms with Crippen LogP contribution in [0.15, 0.2) is 48.8 Å². The monoisotopic (exact) mass is 393 g/mol. The van der Waals surface area contributed by atoms with E-state index < -0.39 is 0 Å². The summed E-state index contributed by atoms with van der Waals surface area (Å²) in [4.78, 5) is 49.2. The van der Waals surface area contributed by atoms with E-state index in [2.05, 4.69) is 15.3 Å². The van der Waals surface area contributed by atoms with E-state index in [9.17, 15) is 14.4 Å². The Bertz CT molecular complexity index is 882. The zero-order chi connectivity index (χ0) is 20.2. The molecule has 0 radical (unpaired) electrons. The van der Waals surface area contributed by atoms with Crippen molar-refractivity contribution in [1.29, 1.82) is 0 Å². The first kappa shape index (κ1) is 19.0. The number of aromatic nitrogens is 2. The van der Waals surface area contributed by atoms with Gasteiger partial charge in [0.2, 0.25) is 23.7 Å². The largest absolute Gasteiger partial charge is 0.342 e. The third kappa shape index (κ3) is 4.26. The fourth-order valence-corrected chi connectivity index (χ4v) is 3.93. The van der Waals surface area contributed by atoms with Crippen molar-refractivity contribution in [1.82, 2.24) is 14.9 Å². The Morgan fingerprint density at radius 1 is 0.966 bits per heavy atom. The van der Waals surface area contributed by atoms with Gasteiger partial charge in [0, 0.05) is 50.1 Å². The number of likely N-dealkylation sites (tertiary alicyclic amines) is 1. The number of carbonyl (C=O) groups is 3. The highest BCUT2D eigenvalue weighted by Crippen LogP contribution is 2.28. The van der Waals surface area contributed by atoms with Crippen molar-refractivity contribution in [3.05, 3.63) is 48.8 Å². The molecule has 1 atom stereocenters. The maximum absolute atomic E-state index is 12.9. The Morgan fingerprint density at radius 3 is 2.34 bits per heavy atom. The lowest BCUT2D eigenvalue weighted by Crippen LogP contribution is -2.44. The predicted molar refractivity (Wildman–Crippen MR) is 107 cm³/mol. The molecule has 1 unspecified atom stereocenters. The van der Waals surface area contributed by atoms with Gasteiger partial charge in [-0.2, -0.15) is 0 Å². The van der Waals surface area contributed by atoms with E-state index >= 15 is 0 Å². The van der Waals surface area contributed by atoms with Gasteiger partial charge < -0.3 is 9.80 Å². The van der Waals surface area contributed by atoms with Crippen LogP contribution in [0.4, 0.5) is 11.6 Å². The maximum Gasteiger partial charge on any atom is 0.229 e. The molecule has 0 bridgehead atoms. The highest BCUT2D eigenvalue weighted by atomic mass is 16.2. The van der Waals surface area contributed by atoms with E-state index in [-0.39, 0.29) is 36.0 Å². The second-order valence-electron chi connectivity index (χ2n) is 7.40. The van der Waals surface area contributed by atoms with Crippen LogP contribution in [0.2, 0.25) is 0 Å². The Labute approximate surface area is 168 Å². The van der Waals surface area contributed by atoms with Gasteiger partial charge in [0.1, 0.15) is 0 Å². The van der Waals surface area contributed by atoms with Crippen molar-refractivity contribution in [2.75, 3.05) is 29.9 Å². The minimum Gasteiger partial charge on any atom is -0.342 e. The van der Waals surface area contributed by atoms with Crippen molar-refractivity contribution in [2.24, 2.45) is 11.8 Å². The summed E-state index contributed by atoms with van der Waals surface area (Å²) in [7, 11) is 0. The summed E-state index contributed by atoms with van der Waals surface area (Å²) < 4.78 is 0. The molecule has 0 saturated carbocycles. The van der Waals surface area contributed by atoms with E-state index in [4.69, 9.17) is 0 Å². The number of para-hydroxylation sites is 1. The molecule has 3 heterocycles. The first-order valence-corrected chi connectivity index (χ1v) is 9.84. The van der Waals surface area contributed by atoms with Crippen molar-refractivity contribution in [3.8, 4) is 0 Å². The minimum absolute atomic E-state index is 0.00188. The number of rotatable bonds is 4. The fraction of sp³-hybridized carbons (Fsp3) is 0.381. The maximum atomic E-state index is 12.9. The van der Waals surface area contributed by atoms with Crippen molar-refractivity contribution >= 4 is 29.4 Å². The molecule has 2 saturated heterocycles. The van der Waals surface area contributed by atoms with Gasteiger partial charge in [-0.1, -0.05) is 18.2 Å². The number of anilines is 2. The summed E-state index contributed by atoms with van der Waals surface area (Å²) in [6.45, 7) is 1.44. The third-order valence-corrected chi connectivity index (χ3v) is 5.52. The van der Waals surface area contributed by atoms with Crippen LogP contribution in [0.5, 0.6) is 0 Å². The summed E-state index contributed by atoms with van der Waals surface area (Å²) in [6, 6.07) is 11.1. The Morgan fingerprint density at radius 2 is 1.66 bits per heavy atom. The molecule has 0 aliphatic carbocycles. The van der Waals surface area contributed by atoms with E-state index in [0.29, 0.717) is 38.4 Å². The number of amides is 3. The number of nitrogens with one attached hydrogen (secondary N) is 1. The van der Waals surface area contributed by atoms with Gasteiger partial charge in [-0.3, -0.25) is 19.7 Å². The summed E-state index contributed by atoms with van der Waals surface area (Å²) in [5.74, 6) is -0.343. The number of benzene rings is 1. The Balaban J connectivity index is 1.30. The summed E-state index contributed by atoms with van der Waals surface area (Å²) >= 11 is 0. The predicted octanol–water partition coefficient (Wildman–Crippen LogP) is 1.71. The second-order valence-corrected chi connectivity index (χ2v) is 7.40. The quantitative estimate of drug-likeness (QED) is 0.853. The van der Waals surface area contributed by atoms with Gasteiger partial charge in [-0.15, -0.1) is 0 Å². The highest BCUT2D eigenvalue weighted by molar-refractivity contribution is 6.00. The van der Waals surface area contributed by atoms with Crippen LogP contribution in [0.25, 0.3) is 0 Å².